The Hall–Kier alpha value is -1.94. The predicted molar refractivity (Wildman–Crippen MR) is 86.5 cm³/mol. The first-order valence-electron chi connectivity index (χ1n) is 7.94. The monoisotopic (exact) mass is 359 g/mol. The van der Waals surface area contributed by atoms with Crippen LogP contribution in [-0.2, 0) is 19.1 Å². The van der Waals surface area contributed by atoms with Crippen molar-refractivity contribution in [3.63, 3.8) is 0 Å². The van der Waals surface area contributed by atoms with Crippen LogP contribution >= 0.6 is 0 Å². The van der Waals surface area contributed by atoms with E-state index >= 15 is 0 Å². The minimum absolute atomic E-state index is 0.156. The highest BCUT2D eigenvalue weighted by molar-refractivity contribution is 5.84. The SMILES string of the molecule is CC/C=C/CO[C@H]1C=C(C(=O)O)O[C@@H]([C@H](O)[C@H](O)CO)[C@@H]1NC(C)=O. The zero-order valence-electron chi connectivity index (χ0n) is 14.2. The highest BCUT2D eigenvalue weighted by Gasteiger charge is 2.43. The summed E-state index contributed by atoms with van der Waals surface area (Å²) in [7, 11) is 0. The molecule has 0 fully saturated rings. The summed E-state index contributed by atoms with van der Waals surface area (Å²) in [5, 5.41) is 40.6. The van der Waals surface area contributed by atoms with E-state index in [1.807, 2.05) is 13.0 Å². The number of hydrogen-bond acceptors (Lipinski definition) is 7. The Kier molecular flexibility index (Phi) is 8.56. The van der Waals surface area contributed by atoms with Gasteiger partial charge in [0.15, 0.2) is 6.10 Å². The maximum atomic E-state index is 11.5. The van der Waals surface area contributed by atoms with Crippen LogP contribution in [0.1, 0.15) is 20.3 Å². The number of nitrogens with one attached hydrogen (secondary N) is 1. The number of carboxylic acid groups (broad SMARTS) is 1. The van der Waals surface area contributed by atoms with Crippen LogP contribution in [0.2, 0.25) is 0 Å². The van der Waals surface area contributed by atoms with E-state index in [4.69, 9.17) is 14.6 Å². The molecule has 0 saturated heterocycles. The predicted octanol–water partition coefficient (Wildman–Crippen LogP) is -1.08. The maximum absolute atomic E-state index is 11.5. The van der Waals surface area contributed by atoms with Gasteiger partial charge in [-0.05, 0) is 12.5 Å². The molecular formula is C16H25NO8. The van der Waals surface area contributed by atoms with Crippen LogP contribution in [-0.4, -0.2) is 76.0 Å². The normalized spacial score (nSPS) is 25.8. The molecule has 0 radical (unpaired) electrons. The van der Waals surface area contributed by atoms with E-state index in [2.05, 4.69) is 5.32 Å². The van der Waals surface area contributed by atoms with E-state index in [0.717, 1.165) is 6.42 Å². The molecule has 9 heteroatoms. The summed E-state index contributed by atoms with van der Waals surface area (Å²) in [5.41, 5.74) is 0. The van der Waals surface area contributed by atoms with Gasteiger partial charge in [0.25, 0.3) is 0 Å². The fraction of sp³-hybridized carbons (Fsp3) is 0.625. The van der Waals surface area contributed by atoms with Gasteiger partial charge in [0, 0.05) is 6.92 Å². The largest absolute Gasteiger partial charge is 0.478 e. The maximum Gasteiger partial charge on any atom is 0.370 e. The Morgan fingerprint density at radius 1 is 1.40 bits per heavy atom. The van der Waals surface area contributed by atoms with Crippen LogP contribution in [0.5, 0.6) is 0 Å². The van der Waals surface area contributed by atoms with Crippen LogP contribution in [0.15, 0.2) is 24.0 Å². The third-order valence-electron chi connectivity index (χ3n) is 3.57. The van der Waals surface area contributed by atoms with Gasteiger partial charge < -0.3 is 35.2 Å². The number of aliphatic carboxylic acids is 1. The van der Waals surface area contributed by atoms with Crippen LogP contribution < -0.4 is 5.32 Å². The summed E-state index contributed by atoms with van der Waals surface area (Å²) in [6, 6.07) is -0.952. The molecule has 5 N–H and O–H groups in total. The lowest BCUT2D eigenvalue weighted by molar-refractivity contribution is -0.151. The van der Waals surface area contributed by atoms with E-state index in [9.17, 15) is 24.9 Å². The molecule has 142 valence electrons. The van der Waals surface area contributed by atoms with Crippen LogP contribution in [0.25, 0.3) is 0 Å². The highest BCUT2D eigenvalue weighted by Crippen LogP contribution is 2.24. The lowest BCUT2D eigenvalue weighted by atomic mass is 9.93. The molecule has 0 aromatic rings. The van der Waals surface area contributed by atoms with Crippen molar-refractivity contribution in [1.29, 1.82) is 0 Å². The van der Waals surface area contributed by atoms with Gasteiger partial charge in [-0.1, -0.05) is 19.1 Å². The van der Waals surface area contributed by atoms with Crippen LogP contribution in [0.4, 0.5) is 0 Å². The Bertz CT molecular complexity index is 518. The van der Waals surface area contributed by atoms with Gasteiger partial charge in [0.2, 0.25) is 11.7 Å². The molecule has 1 aliphatic heterocycles. The minimum atomic E-state index is -1.64. The molecule has 0 spiro atoms. The molecule has 0 saturated carbocycles. The first-order chi connectivity index (χ1) is 11.8. The van der Waals surface area contributed by atoms with E-state index in [1.165, 1.54) is 13.0 Å². The number of rotatable bonds is 9. The Labute approximate surface area is 145 Å². The fourth-order valence-electron chi connectivity index (χ4n) is 2.38. The van der Waals surface area contributed by atoms with Gasteiger partial charge in [0.05, 0.1) is 19.3 Å². The molecule has 0 aliphatic carbocycles. The number of aliphatic hydroxyl groups is 3. The third-order valence-corrected chi connectivity index (χ3v) is 3.57. The second kappa shape index (κ2) is 10.1. The van der Waals surface area contributed by atoms with Crippen molar-refractivity contribution in [3.05, 3.63) is 24.0 Å². The number of carbonyl (C=O) groups excluding carboxylic acids is 1. The lowest BCUT2D eigenvalue weighted by Crippen LogP contribution is -2.60. The summed E-state index contributed by atoms with van der Waals surface area (Å²) >= 11 is 0. The first kappa shape index (κ1) is 21.1. The van der Waals surface area contributed by atoms with E-state index in [0.29, 0.717) is 0 Å². The first-order valence-corrected chi connectivity index (χ1v) is 7.94. The fourth-order valence-corrected chi connectivity index (χ4v) is 2.38. The number of allylic oxidation sites excluding steroid dienone is 1. The summed E-state index contributed by atoms with van der Waals surface area (Å²) in [6.07, 6.45) is 0.151. The van der Waals surface area contributed by atoms with Crippen molar-refractivity contribution in [2.24, 2.45) is 0 Å². The average Bonchev–Trinajstić information content (AvgIpc) is 2.57. The smallest absolute Gasteiger partial charge is 0.370 e. The summed E-state index contributed by atoms with van der Waals surface area (Å²) < 4.78 is 10.8. The molecule has 0 bridgehead atoms. The zero-order valence-corrected chi connectivity index (χ0v) is 14.2. The molecule has 1 rings (SSSR count). The van der Waals surface area contributed by atoms with Gasteiger partial charge in [-0.25, -0.2) is 4.79 Å². The van der Waals surface area contributed by atoms with Gasteiger partial charge in [0.1, 0.15) is 18.3 Å². The molecule has 1 amide bonds. The lowest BCUT2D eigenvalue weighted by Gasteiger charge is -2.39. The van der Waals surface area contributed by atoms with Gasteiger partial charge >= 0.3 is 5.97 Å². The molecule has 0 unspecified atom stereocenters. The van der Waals surface area contributed by atoms with E-state index in [-0.39, 0.29) is 6.61 Å². The van der Waals surface area contributed by atoms with Crippen molar-refractivity contribution < 1.29 is 39.5 Å². The van der Waals surface area contributed by atoms with E-state index < -0.39 is 54.7 Å². The van der Waals surface area contributed by atoms with Crippen LogP contribution in [0.3, 0.4) is 0 Å². The van der Waals surface area contributed by atoms with E-state index in [1.54, 1.807) is 6.08 Å². The van der Waals surface area contributed by atoms with Crippen LogP contribution in [0, 0.1) is 0 Å². The number of ether oxygens (including phenoxy) is 2. The molecule has 1 heterocycles. The molecule has 9 nitrogen and oxygen atoms in total. The van der Waals surface area contributed by atoms with Crippen molar-refractivity contribution >= 4 is 11.9 Å². The van der Waals surface area contributed by atoms with Gasteiger partial charge in [-0.15, -0.1) is 0 Å². The van der Waals surface area contributed by atoms with Gasteiger partial charge in [-0.2, -0.15) is 0 Å². The number of hydrogen-bond donors (Lipinski definition) is 5. The standard InChI is InChI=1S/C16H25NO8/c1-3-4-5-6-24-11-7-12(16(22)23)25-15(13(11)17-9(2)19)14(21)10(20)8-18/h4-5,7,10-11,13-15,18,20-21H,3,6,8H2,1-2H3,(H,17,19)(H,22,23)/b5-4+/t10-,11+,13-,14-,15-/m1/s1. The quantitative estimate of drug-likeness (QED) is 0.327. The molecular weight excluding hydrogens is 334 g/mol. The topological polar surface area (TPSA) is 146 Å². The number of amides is 1. The average molecular weight is 359 g/mol. The minimum Gasteiger partial charge on any atom is -0.478 e. The third kappa shape index (κ3) is 6.13. The summed E-state index contributed by atoms with van der Waals surface area (Å²) in [6.45, 7) is 2.58. The second-order valence-corrected chi connectivity index (χ2v) is 5.56. The van der Waals surface area contributed by atoms with Gasteiger partial charge in [-0.3, -0.25) is 4.79 Å². The Balaban J connectivity index is 3.11. The summed E-state index contributed by atoms with van der Waals surface area (Å²) in [5.74, 6) is -2.30. The zero-order chi connectivity index (χ0) is 19.0. The Morgan fingerprint density at radius 3 is 2.60 bits per heavy atom. The second-order valence-electron chi connectivity index (χ2n) is 5.56. The highest BCUT2D eigenvalue weighted by atomic mass is 16.5. The molecule has 0 aromatic heterocycles. The van der Waals surface area contributed by atoms with Crippen molar-refractivity contribution in [2.45, 2.75) is 50.7 Å². The number of carbonyl (C=O) groups is 2. The number of carboxylic acids is 1. The van der Waals surface area contributed by atoms with Crippen molar-refractivity contribution in [3.8, 4) is 0 Å². The molecule has 5 atom stereocenters. The van der Waals surface area contributed by atoms with Crippen molar-refractivity contribution in [1.82, 2.24) is 5.32 Å². The molecule has 25 heavy (non-hydrogen) atoms. The number of aliphatic hydroxyl groups excluding tert-OH is 3. The molecule has 0 aromatic carbocycles. The Morgan fingerprint density at radius 2 is 2.08 bits per heavy atom. The van der Waals surface area contributed by atoms with Crippen molar-refractivity contribution in [2.75, 3.05) is 13.2 Å². The molecule has 1 aliphatic rings. The summed E-state index contributed by atoms with van der Waals surface area (Å²) in [4.78, 5) is 22.8.